The molecule has 4 nitrogen and oxygen atoms in total. The largest absolute Gasteiger partial charge is 0.356 e. The van der Waals surface area contributed by atoms with Crippen LogP contribution in [0.4, 0.5) is 4.39 Å². The van der Waals surface area contributed by atoms with E-state index >= 15 is 0 Å². The van der Waals surface area contributed by atoms with E-state index in [4.69, 9.17) is 0 Å². The molecule has 0 saturated carbocycles. The number of fused-ring (bicyclic) bond motifs is 1. The van der Waals surface area contributed by atoms with Crippen LogP contribution in [-0.4, -0.2) is 22.9 Å². The fraction of sp³-hybridized carbons (Fsp3) is 0.200. The lowest BCUT2D eigenvalue weighted by atomic mass is 10.1. The van der Waals surface area contributed by atoms with Gasteiger partial charge in [-0.05, 0) is 36.2 Å². The molecule has 0 atom stereocenters. The fourth-order valence-corrected chi connectivity index (χ4v) is 2.73. The summed E-state index contributed by atoms with van der Waals surface area (Å²) in [6.07, 6.45) is 2.66. The molecule has 0 bridgehead atoms. The average Bonchev–Trinajstić information content (AvgIpc) is 3.05. The molecule has 1 heterocycles. The molecule has 3 aromatic rings. The highest BCUT2D eigenvalue weighted by Gasteiger charge is 2.11. The average molecular weight is 338 g/mol. The Kier molecular flexibility index (Phi) is 5.23. The summed E-state index contributed by atoms with van der Waals surface area (Å²) in [7, 11) is 0. The van der Waals surface area contributed by atoms with Crippen molar-refractivity contribution in [2.45, 2.75) is 19.3 Å². The van der Waals surface area contributed by atoms with Gasteiger partial charge in [0.05, 0.1) is 5.52 Å². The smallest absolute Gasteiger partial charge is 0.231 e. The van der Waals surface area contributed by atoms with Crippen LogP contribution in [0.15, 0.2) is 60.8 Å². The number of aromatic nitrogens is 1. The first-order valence-electron chi connectivity index (χ1n) is 8.24. The summed E-state index contributed by atoms with van der Waals surface area (Å²) in [4.78, 5) is 24.2. The summed E-state index contributed by atoms with van der Waals surface area (Å²) in [5.41, 5.74) is 1.81. The van der Waals surface area contributed by atoms with E-state index in [0.717, 1.165) is 16.5 Å². The second-order valence-electron chi connectivity index (χ2n) is 5.86. The van der Waals surface area contributed by atoms with Gasteiger partial charge in [-0.3, -0.25) is 14.2 Å². The third-order valence-electron chi connectivity index (χ3n) is 4.08. The molecule has 25 heavy (non-hydrogen) atoms. The lowest BCUT2D eigenvalue weighted by Crippen LogP contribution is -2.26. The molecule has 5 heteroatoms. The topological polar surface area (TPSA) is 51.1 Å². The van der Waals surface area contributed by atoms with Crippen molar-refractivity contribution in [1.29, 1.82) is 0 Å². The number of para-hydroxylation sites is 1. The van der Waals surface area contributed by atoms with E-state index in [0.29, 0.717) is 13.0 Å². The van der Waals surface area contributed by atoms with E-state index < -0.39 is 0 Å². The first-order chi connectivity index (χ1) is 12.1. The van der Waals surface area contributed by atoms with Crippen molar-refractivity contribution in [2.75, 3.05) is 6.54 Å². The highest BCUT2D eigenvalue weighted by atomic mass is 19.1. The van der Waals surface area contributed by atoms with Crippen molar-refractivity contribution in [1.82, 2.24) is 9.88 Å². The molecule has 0 spiro atoms. The van der Waals surface area contributed by atoms with Crippen LogP contribution in [0.25, 0.3) is 10.9 Å². The second kappa shape index (κ2) is 7.75. The summed E-state index contributed by atoms with van der Waals surface area (Å²) in [6, 6.07) is 15.7. The van der Waals surface area contributed by atoms with Gasteiger partial charge in [-0.2, -0.15) is 0 Å². The van der Waals surface area contributed by atoms with Gasteiger partial charge in [-0.1, -0.05) is 30.3 Å². The Morgan fingerprint density at radius 1 is 0.960 bits per heavy atom. The maximum absolute atomic E-state index is 12.8. The van der Waals surface area contributed by atoms with Gasteiger partial charge in [0.1, 0.15) is 5.82 Å². The Bertz CT molecular complexity index is 884. The van der Waals surface area contributed by atoms with Gasteiger partial charge in [0, 0.05) is 31.0 Å². The number of hydrogen-bond donors (Lipinski definition) is 1. The van der Waals surface area contributed by atoms with Gasteiger partial charge >= 0.3 is 0 Å². The zero-order chi connectivity index (χ0) is 17.6. The molecule has 0 fully saturated rings. The third kappa shape index (κ3) is 4.32. The molecular weight excluding hydrogens is 319 g/mol. The van der Waals surface area contributed by atoms with Gasteiger partial charge in [-0.25, -0.2) is 4.39 Å². The number of carbonyl (C=O) groups excluding carboxylic acids is 2. The van der Waals surface area contributed by atoms with E-state index in [1.807, 2.05) is 30.3 Å². The predicted octanol–water partition coefficient (Wildman–Crippen LogP) is 3.56. The highest BCUT2D eigenvalue weighted by molar-refractivity contribution is 5.93. The van der Waals surface area contributed by atoms with E-state index in [-0.39, 0.29) is 30.5 Å². The maximum atomic E-state index is 12.8. The summed E-state index contributed by atoms with van der Waals surface area (Å²) < 4.78 is 14.4. The molecule has 0 aliphatic carbocycles. The number of nitrogens with one attached hydrogen (secondary N) is 1. The van der Waals surface area contributed by atoms with Crippen LogP contribution in [0.5, 0.6) is 0 Å². The van der Waals surface area contributed by atoms with Crippen LogP contribution in [-0.2, 0) is 11.2 Å². The summed E-state index contributed by atoms with van der Waals surface area (Å²) in [6.45, 7) is 0.463. The Balaban J connectivity index is 1.45. The quantitative estimate of drug-likeness (QED) is 0.747. The molecule has 0 aliphatic heterocycles. The maximum Gasteiger partial charge on any atom is 0.231 e. The number of rotatable bonds is 6. The van der Waals surface area contributed by atoms with Crippen molar-refractivity contribution in [3.8, 4) is 0 Å². The Labute approximate surface area is 145 Å². The normalized spacial score (nSPS) is 10.8. The molecule has 1 N–H and O–H groups in total. The molecule has 3 rings (SSSR count). The van der Waals surface area contributed by atoms with Crippen molar-refractivity contribution in [3.05, 3.63) is 72.2 Å². The first kappa shape index (κ1) is 16.9. The third-order valence-corrected chi connectivity index (χ3v) is 4.08. The zero-order valence-corrected chi connectivity index (χ0v) is 13.7. The van der Waals surface area contributed by atoms with Gasteiger partial charge < -0.3 is 5.32 Å². The van der Waals surface area contributed by atoms with Crippen LogP contribution in [0, 0.1) is 5.82 Å². The van der Waals surface area contributed by atoms with Crippen LogP contribution < -0.4 is 5.32 Å². The number of nitrogens with zero attached hydrogens (tertiary/aromatic N) is 1. The number of amides is 1. The molecule has 1 aromatic heterocycles. The minimum Gasteiger partial charge on any atom is -0.356 e. The molecule has 128 valence electrons. The number of benzene rings is 2. The molecule has 0 unspecified atom stereocenters. The summed E-state index contributed by atoms with van der Waals surface area (Å²) >= 11 is 0. The predicted molar refractivity (Wildman–Crippen MR) is 94.9 cm³/mol. The van der Waals surface area contributed by atoms with Gasteiger partial charge in [0.15, 0.2) is 0 Å². The van der Waals surface area contributed by atoms with Crippen molar-refractivity contribution < 1.29 is 14.0 Å². The molecule has 0 radical (unpaired) electrons. The van der Waals surface area contributed by atoms with Crippen LogP contribution in [0.2, 0.25) is 0 Å². The number of carbonyl (C=O) groups is 2. The fourth-order valence-electron chi connectivity index (χ4n) is 2.73. The van der Waals surface area contributed by atoms with Gasteiger partial charge in [-0.15, -0.1) is 0 Å². The summed E-state index contributed by atoms with van der Waals surface area (Å²) in [5.74, 6) is -0.536. The lowest BCUT2D eigenvalue weighted by Gasteiger charge is -2.06. The van der Waals surface area contributed by atoms with Gasteiger partial charge in [0.25, 0.3) is 0 Å². The van der Waals surface area contributed by atoms with Crippen LogP contribution >= 0.6 is 0 Å². The van der Waals surface area contributed by atoms with Crippen molar-refractivity contribution >= 4 is 22.7 Å². The molecular formula is C20H19FN2O2. The van der Waals surface area contributed by atoms with Crippen molar-refractivity contribution in [3.63, 3.8) is 0 Å². The van der Waals surface area contributed by atoms with Crippen LogP contribution in [0.3, 0.4) is 0 Å². The molecule has 2 aromatic carbocycles. The Morgan fingerprint density at radius 3 is 2.52 bits per heavy atom. The molecule has 0 aliphatic rings. The lowest BCUT2D eigenvalue weighted by molar-refractivity contribution is -0.121. The second-order valence-corrected chi connectivity index (χ2v) is 5.86. The molecule has 1 amide bonds. The zero-order valence-electron chi connectivity index (χ0n) is 13.7. The monoisotopic (exact) mass is 338 g/mol. The SMILES string of the molecule is O=C(CCC(=O)n1ccc2ccccc21)NCCc1ccc(F)cc1. The van der Waals surface area contributed by atoms with Crippen molar-refractivity contribution in [2.24, 2.45) is 0 Å². The summed E-state index contributed by atoms with van der Waals surface area (Å²) in [5, 5.41) is 3.79. The van der Waals surface area contributed by atoms with E-state index in [1.54, 1.807) is 22.9 Å². The van der Waals surface area contributed by atoms with E-state index in [1.165, 1.54) is 12.1 Å². The molecule has 0 saturated heterocycles. The van der Waals surface area contributed by atoms with Gasteiger partial charge in [0.2, 0.25) is 11.8 Å². The number of hydrogen-bond acceptors (Lipinski definition) is 2. The van der Waals surface area contributed by atoms with E-state index in [9.17, 15) is 14.0 Å². The Hall–Kier alpha value is -2.95. The van der Waals surface area contributed by atoms with E-state index in [2.05, 4.69) is 5.32 Å². The first-order valence-corrected chi connectivity index (χ1v) is 8.24. The standard InChI is InChI=1S/C20H19FN2O2/c21-17-7-5-15(6-8-17)11-13-22-19(24)9-10-20(25)23-14-12-16-3-1-2-4-18(16)23/h1-8,12,14H,9-11,13H2,(H,22,24). The van der Waals surface area contributed by atoms with Crippen LogP contribution in [0.1, 0.15) is 23.2 Å². The highest BCUT2D eigenvalue weighted by Crippen LogP contribution is 2.15. The number of halogens is 1. The Morgan fingerprint density at radius 2 is 1.72 bits per heavy atom. The minimum atomic E-state index is -0.274. The minimum absolute atomic E-state index is 0.102.